The van der Waals surface area contributed by atoms with E-state index in [-0.39, 0.29) is 17.3 Å². The number of benzene rings is 3. The van der Waals surface area contributed by atoms with Crippen LogP contribution in [0.4, 0.5) is 0 Å². The van der Waals surface area contributed by atoms with Gasteiger partial charge in [0.25, 0.3) is 0 Å². The number of esters is 2. The van der Waals surface area contributed by atoms with E-state index in [4.69, 9.17) is 32.7 Å². The van der Waals surface area contributed by atoms with Gasteiger partial charge in [0.2, 0.25) is 5.90 Å². The van der Waals surface area contributed by atoms with E-state index in [0.29, 0.717) is 26.7 Å². The second-order valence-corrected chi connectivity index (χ2v) is 8.15. The molecule has 0 saturated heterocycles. The molecule has 0 aromatic heterocycles. The lowest BCUT2D eigenvalue weighted by atomic mass is 10.1. The maximum atomic E-state index is 12.5. The van der Waals surface area contributed by atoms with Crippen LogP contribution in [0.25, 0.3) is 6.08 Å². The first-order chi connectivity index (χ1) is 14.9. The molecule has 3 aromatic carbocycles. The average Bonchev–Trinajstić information content (AvgIpc) is 3.10. The number of hydrogen-bond donors (Lipinski definition) is 0. The fraction of sp³-hybridized carbons (Fsp3) is 0. The fourth-order valence-electron chi connectivity index (χ4n) is 2.77. The number of para-hydroxylation sites is 1. The highest BCUT2D eigenvalue weighted by molar-refractivity contribution is 9.10. The van der Waals surface area contributed by atoms with Crippen LogP contribution >= 0.6 is 39.1 Å². The zero-order valence-corrected chi connectivity index (χ0v) is 18.7. The summed E-state index contributed by atoms with van der Waals surface area (Å²) in [6.45, 7) is 0. The number of cyclic esters (lactones) is 1. The molecule has 0 amide bonds. The van der Waals surface area contributed by atoms with E-state index in [0.717, 1.165) is 4.47 Å². The Morgan fingerprint density at radius 3 is 2.52 bits per heavy atom. The maximum absolute atomic E-state index is 12.5. The van der Waals surface area contributed by atoms with Gasteiger partial charge in [-0.1, -0.05) is 57.3 Å². The molecular formula is C23H12BrCl2NO4. The van der Waals surface area contributed by atoms with E-state index in [1.165, 1.54) is 12.1 Å². The number of carbonyl (C=O) groups is 2. The van der Waals surface area contributed by atoms with Crippen molar-refractivity contribution in [2.45, 2.75) is 0 Å². The van der Waals surface area contributed by atoms with Gasteiger partial charge in [-0.3, -0.25) is 0 Å². The van der Waals surface area contributed by atoms with Gasteiger partial charge in [0.05, 0.1) is 16.1 Å². The number of halogens is 3. The second kappa shape index (κ2) is 9.06. The van der Waals surface area contributed by atoms with Crippen LogP contribution in [0.5, 0.6) is 5.75 Å². The molecule has 0 unspecified atom stereocenters. The van der Waals surface area contributed by atoms with Crippen molar-refractivity contribution in [2.24, 2.45) is 4.99 Å². The van der Waals surface area contributed by atoms with Gasteiger partial charge in [-0.2, -0.15) is 0 Å². The third-order valence-electron chi connectivity index (χ3n) is 4.28. The highest BCUT2D eigenvalue weighted by atomic mass is 79.9. The van der Waals surface area contributed by atoms with Crippen molar-refractivity contribution >= 4 is 63.0 Å². The molecule has 0 fully saturated rings. The molecule has 0 atom stereocenters. The van der Waals surface area contributed by atoms with Crippen LogP contribution in [0.15, 0.2) is 81.9 Å². The smallest absolute Gasteiger partial charge is 0.363 e. The molecule has 0 saturated carbocycles. The van der Waals surface area contributed by atoms with E-state index >= 15 is 0 Å². The van der Waals surface area contributed by atoms with Crippen molar-refractivity contribution in [3.8, 4) is 5.75 Å². The maximum Gasteiger partial charge on any atom is 0.363 e. The predicted octanol–water partition coefficient (Wildman–Crippen LogP) is 6.32. The molecule has 0 bridgehead atoms. The number of hydrogen-bond acceptors (Lipinski definition) is 5. The van der Waals surface area contributed by atoms with E-state index in [9.17, 15) is 9.59 Å². The Balaban J connectivity index is 1.63. The van der Waals surface area contributed by atoms with Crippen molar-refractivity contribution in [1.82, 2.24) is 0 Å². The minimum atomic E-state index is -0.643. The first-order valence-electron chi connectivity index (χ1n) is 8.95. The third kappa shape index (κ3) is 4.88. The van der Waals surface area contributed by atoms with Crippen molar-refractivity contribution in [2.75, 3.05) is 0 Å². The van der Waals surface area contributed by atoms with Gasteiger partial charge in [0.1, 0.15) is 5.75 Å². The summed E-state index contributed by atoms with van der Waals surface area (Å²) in [6.07, 6.45) is 1.49. The van der Waals surface area contributed by atoms with E-state index < -0.39 is 11.9 Å². The Labute approximate surface area is 196 Å². The van der Waals surface area contributed by atoms with Crippen LogP contribution in [0.3, 0.4) is 0 Å². The Hall–Kier alpha value is -2.93. The minimum Gasteiger partial charge on any atom is -0.422 e. The number of nitrogens with zero attached hydrogens (tertiary/aromatic N) is 1. The molecule has 31 heavy (non-hydrogen) atoms. The number of carbonyl (C=O) groups excluding carboxylic acids is 2. The van der Waals surface area contributed by atoms with Crippen LogP contribution in [-0.2, 0) is 9.53 Å². The third-order valence-corrected chi connectivity index (χ3v) is 5.35. The fourth-order valence-corrected chi connectivity index (χ4v) is 3.53. The van der Waals surface area contributed by atoms with Gasteiger partial charge in [-0.05, 0) is 54.6 Å². The van der Waals surface area contributed by atoms with Crippen molar-refractivity contribution in [1.29, 1.82) is 0 Å². The summed E-state index contributed by atoms with van der Waals surface area (Å²) in [5.41, 5.74) is 1.38. The monoisotopic (exact) mass is 515 g/mol. The number of rotatable bonds is 4. The number of ether oxygens (including phenoxy) is 2. The molecule has 1 aliphatic rings. The Morgan fingerprint density at radius 1 is 1.03 bits per heavy atom. The molecule has 154 valence electrons. The largest absolute Gasteiger partial charge is 0.422 e. The lowest BCUT2D eigenvalue weighted by Crippen LogP contribution is -2.09. The van der Waals surface area contributed by atoms with Crippen LogP contribution in [0, 0.1) is 0 Å². The molecule has 1 heterocycles. The van der Waals surface area contributed by atoms with Crippen LogP contribution in [0.2, 0.25) is 10.0 Å². The highest BCUT2D eigenvalue weighted by Crippen LogP contribution is 2.28. The summed E-state index contributed by atoms with van der Waals surface area (Å²) >= 11 is 15.4. The molecule has 0 aliphatic carbocycles. The van der Waals surface area contributed by atoms with Gasteiger partial charge >= 0.3 is 11.9 Å². The summed E-state index contributed by atoms with van der Waals surface area (Å²) in [5, 5.41) is 0.764. The van der Waals surface area contributed by atoms with Gasteiger partial charge in [-0.25, -0.2) is 14.6 Å². The summed E-state index contributed by atoms with van der Waals surface area (Å²) in [6, 6.07) is 18.4. The molecule has 0 spiro atoms. The summed E-state index contributed by atoms with van der Waals surface area (Å²) in [4.78, 5) is 29.1. The highest BCUT2D eigenvalue weighted by Gasteiger charge is 2.26. The molecule has 1 aliphatic heterocycles. The van der Waals surface area contributed by atoms with Crippen LogP contribution < -0.4 is 4.74 Å². The summed E-state index contributed by atoms with van der Waals surface area (Å²) in [5.74, 6) is -0.814. The van der Waals surface area contributed by atoms with Crippen molar-refractivity contribution in [3.05, 3.63) is 104 Å². The lowest BCUT2D eigenvalue weighted by molar-refractivity contribution is -0.129. The molecule has 0 radical (unpaired) electrons. The summed E-state index contributed by atoms with van der Waals surface area (Å²) < 4.78 is 11.6. The first kappa shape index (κ1) is 21.3. The molecule has 0 N–H and O–H groups in total. The zero-order valence-electron chi connectivity index (χ0n) is 15.6. The van der Waals surface area contributed by atoms with Crippen LogP contribution in [-0.4, -0.2) is 17.8 Å². The molecule has 5 nitrogen and oxygen atoms in total. The lowest BCUT2D eigenvalue weighted by Gasteiger charge is -2.07. The van der Waals surface area contributed by atoms with Gasteiger partial charge in [0.15, 0.2) is 5.70 Å². The van der Waals surface area contributed by atoms with E-state index in [1.807, 2.05) is 0 Å². The molecular weight excluding hydrogens is 505 g/mol. The standard InChI is InChI=1S/C23H12BrCl2NO4/c24-15-7-5-13(6-8-15)22(28)30-20-4-2-1-3-14(20)11-19-23(29)31-21(27-19)17-10-9-16(25)12-18(17)26/h1-12H/b19-11+. The van der Waals surface area contributed by atoms with E-state index in [2.05, 4.69) is 20.9 Å². The van der Waals surface area contributed by atoms with Crippen molar-refractivity contribution in [3.63, 3.8) is 0 Å². The second-order valence-electron chi connectivity index (χ2n) is 6.39. The average molecular weight is 517 g/mol. The Morgan fingerprint density at radius 2 is 1.77 bits per heavy atom. The molecule has 3 aromatic rings. The summed E-state index contributed by atoms with van der Waals surface area (Å²) in [7, 11) is 0. The van der Waals surface area contributed by atoms with Crippen LogP contribution in [0.1, 0.15) is 21.5 Å². The Bertz CT molecular complexity index is 1250. The van der Waals surface area contributed by atoms with Gasteiger partial charge in [0, 0.05) is 15.1 Å². The van der Waals surface area contributed by atoms with Gasteiger partial charge < -0.3 is 9.47 Å². The topological polar surface area (TPSA) is 65.0 Å². The first-order valence-corrected chi connectivity index (χ1v) is 10.5. The molecule has 4 rings (SSSR count). The van der Waals surface area contributed by atoms with Gasteiger partial charge in [-0.15, -0.1) is 0 Å². The SMILES string of the molecule is O=C1OC(c2ccc(Cl)cc2Cl)=N/C1=C/c1ccccc1OC(=O)c1ccc(Br)cc1. The molecule has 8 heteroatoms. The number of aliphatic imine (C=N–C) groups is 1. The normalized spacial score (nSPS) is 14.4. The predicted molar refractivity (Wildman–Crippen MR) is 123 cm³/mol. The minimum absolute atomic E-state index is 0.0492. The Kier molecular flexibility index (Phi) is 6.23. The zero-order chi connectivity index (χ0) is 22.0. The quantitative estimate of drug-likeness (QED) is 0.231. The van der Waals surface area contributed by atoms with E-state index in [1.54, 1.807) is 60.7 Å². The van der Waals surface area contributed by atoms with Crippen molar-refractivity contribution < 1.29 is 19.1 Å².